The van der Waals surface area contributed by atoms with E-state index in [0.29, 0.717) is 11.3 Å². The van der Waals surface area contributed by atoms with Crippen LogP contribution in [0.1, 0.15) is 53.9 Å². The van der Waals surface area contributed by atoms with Crippen LogP contribution in [-0.4, -0.2) is 51.7 Å². The van der Waals surface area contributed by atoms with Crippen LogP contribution in [0.25, 0.3) is 5.69 Å². The third-order valence-corrected chi connectivity index (χ3v) is 6.27. The lowest BCUT2D eigenvalue weighted by molar-refractivity contribution is -0.147. The molecule has 0 aliphatic carbocycles. The monoisotopic (exact) mass is 500 g/mol. The zero-order valence-electron chi connectivity index (χ0n) is 19.5. The van der Waals surface area contributed by atoms with E-state index in [2.05, 4.69) is 5.32 Å². The fourth-order valence-corrected chi connectivity index (χ4v) is 4.56. The molecule has 3 N–H and O–H groups in total. The summed E-state index contributed by atoms with van der Waals surface area (Å²) < 4.78 is 6.25. The first-order chi connectivity index (χ1) is 17.7. The van der Waals surface area contributed by atoms with E-state index >= 15 is 0 Å². The van der Waals surface area contributed by atoms with Crippen molar-refractivity contribution in [1.82, 2.24) is 14.8 Å². The van der Waals surface area contributed by atoms with Gasteiger partial charge in [-0.3, -0.25) is 38.8 Å². The molecule has 0 bridgehead atoms. The van der Waals surface area contributed by atoms with Crippen LogP contribution in [0.4, 0.5) is 5.82 Å². The van der Waals surface area contributed by atoms with Gasteiger partial charge >= 0.3 is 5.97 Å². The lowest BCUT2D eigenvalue weighted by Crippen LogP contribution is -2.47. The topological polar surface area (TPSA) is 158 Å². The summed E-state index contributed by atoms with van der Waals surface area (Å²) in [5, 5.41) is 2.11. The van der Waals surface area contributed by atoms with Crippen molar-refractivity contribution < 1.29 is 28.7 Å². The highest BCUT2D eigenvalue weighted by atomic mass is 16.5. The molecule has 0 spiro atoms. The average molecular weight is 500 g/mol. The third kappa shape index (κ3) is 3.77. The van der Waals surface area contributed by atoms with Crippen LogP contribution >= 0.6 is 0 Å². The first-order valence-corrected chi connectivity index (χ1v) is 11.4. The van der Waals surface area contributed by atoms with E-state index in [0.717, 1.165) is 15.5 Å². The Balaban J connectivity index is 1.47. The van der Waals surface area contributed by atoms with Gasteiger partial charge in [0, 0.05) is 12.5 Å². The molecule has 2 aliphatic rings. The van der Waals surface area contributed by atoms with Crippen LogP contribution in [0, 0.1) is 0 Å². The molecule has 2 aromatic carbocycles. The Labute approximate surface area is 209 Å². The Morgan fingerprint density at radius 3 is 2.14 bits per heavy atom. The van der Waals surface area contributed by atoms with Gasteiger partial charge in [0.05, 0.1) is 34.5 Å². The number of ether oxygens (including phenoxy) is 1. The van der Waals surface area contributed by atoms with E-state index < -0.39 is 41.2 Å². The van der Waals surface area contributed by atoms with Crippen molar-refractivity contribution in [2.24, 2.45) is 0 Å². The lowest BCUT2D eigenvalue weighted by atomic mass is 10.0. The molecule has 3 aromatic rings. The maximum atomic E-state index is 13.0. The van der Waals surface area contributed by atoms with Crippen molar-refractivity contribution in [1.29, 1.82) is 0 Å². The molecule has 186 valence electrons. The van der Waals surface area contributed by atoms with Gasteiger partial charge in [0.2, 0.25) is 0 Å². The first-order valence-electron chi connectivity index (χ1n) is 11.4. The fraction of sp³-hybridized carbons (Fsp3) is 0.154. The van der Waals surface area contributed by atoms with Crippen molar-refractivity contribution in [2.45, 2.75) is 19.4 Å². The molecule has 37 heavy (non-hydrogen) atoms. The number of anilines is 1. The Morgan fingerprint density at radius 2 is 1.54 bits per heavy atom. The number of amides is 4. The number of imide groups is 2. The molecule has 0 saturated heterocycles. The minimum atomic E-state index is -1.21. The number of carbonyl (C=O) groups is 5. The number of hydrogen-bond donors (Lipinski definition) is 2. The zero-order valence-corrected chi connectivity index (χ0v) is 19.5. The standard InChI is InChI=1S/C26H20N4O7/c1-2-37-26(36)18(30-24(34)15-5-3-4-6-16(15)25(30)35)11-13-7-9-14(10-8-13)29-19(31)12-17-20(21(29)27)23(33)28-22(17)32/h3-10,12,18H,2,11,27H2,1H3,(H,28,32,33). The first kappa shape index (κ1) is 23.7. The Kier molecular flexibility index (Phi) is 5.67. The van der Waals surface area contributed by atoms with Gasteiger partial charge in [0.15, 0.2) is 0 Å². The maximum Gasteiger partial charge on any atom is 0.329 e. The van der Waals surface area contributed by atoms with Gasteiger partial charge in [0.25, 0.3) is 29.2 Å². The van der Waals surface area contributed by atoms with Crippen LogP contribution in [-0.2, 0) is 16.0 Å². The highest BCUT2D eigenvalue weighted by molar-refractivity contribution is 6.23. The minimum absolute atomic E-state index is 0.0317. The molecule has 0 saturated carbocycles. The van der Waals surface area contributed by atoms with Crippen LogP contribution in [0.2, 0.25) is 0 Å². The number of benzene rings is 2. The molecule has 3 heterocycles. The number of nitrogens with zero attached hydrogens (tertiary/aromatic N) is 2. The summed E-state index contributed by atoms with van der Waals surface area (Å²) in [6, 6.07) is 12.4. The van der Waals surface area contributed by atoms with Crippen molar-refractivity contribution in [3.05, 3.63) is 92.8 Å². The second-order valence-electron chi connectivity index (χ2n) is 8.44. The molecule has 1 unspecified atom stereocenters. The average Bonchev–Trinajstić information content (AvgIpc) is 3.30. The molecule has 11 nitrogen and oxygen atoms in total. The van der Waals surface area contributed by atoms with Crippen molar-refractivity contribution >= 4 is 35.4 Å². The summed E-state index contributed by atoms with van der Waals surface area (Å²) in [6.07, 6.45) is -0.0317. The Hall–Kier alpha value is -5.06. The summed E-state index contributed by atoms with van der Waals surface area (Å²) in [6.45, 7) is 1.69. The number of pyridine rings is 1. The fourth-order valence-electron chi connectivity index (χ4n) is 4.56. The van der Waals surface area contributed by atoms with E-state index in [1.807, 2.05) is 0 Å². The molecule has 5 rings (SSSR count). The molecule has 1 aromatic heterocycles. The quantitative estimate of drug-likeness (QED) is 0.376. The van der Waals surface area contributed by atoms with Crippen LogP contribution in [0.15, 0.2) is 59.4 Å². The Morgan fingerprint density at radius 1 is 0.919 bits per heavy atom. The Bertz CT molecular complexity index is 1540. The number of rotatable bonds is 6. The molecular formula is C26H20N4O7. The second-order valence-corrected chi connectivity index (χ2v) is 8.44. The number of nitrogens with one attached hydrogen (secondary N) is 1. The van der Waals surface area contributed by atoms with Gasteiger partial charge in [0.1, 0.15) is 11.9 Å². The highest BCUT2D eigenvalue weighted by Crippen LogP contribution is 2.27. The van der Waals surface area contributed by atoms with Crippen LogP contribution in [0.3, 0.4) is 0 Å². The molecule has 11 heteroatoms. The van der Waals surface area contributed by atoms with Gasteiger partial charge in [-0.05, 0) is 36.8 Å². The van der Waals surface area contributed by atoms with Gasteiger partial charge in [-0.2, -0.15) is 0 Å². The SMILES string of the molecule is CCOC(=O)C(Cc1ccc(-n2c(N)c3c(cc2=O)C(=O)NC3=O)cc1)N1C(=O)c2ccccc2C1=O. The van der Waals surface area contributed by atoms with E-state index in [1.54, 1.807) is 43.3 Å². The maximum absolute atomic E-state index is 13.0. The van der Waals surface area contributed by atoms with Crippen molar-refractivity contribution in [2.75, 3.05) is 12.3 Å². The van der Waals surface area contributed by atoms with Crippen molar-refractivity contribution in [3.8, 4) is 5.69 Å². The normalized spacial score (nSPS) is 14.9. The number of nitrogen functional groups attached to an aromatic ring is 1. The van der Waals surface area contributed by atoms with Crippen LogP contribution < -0.4 is 16.6 Å². The zero-order chi connectivity index (χ0) is 26.4. The predicted octanol–water partition coefficient (Wildman–Crippen LogP) is 1.07. The molecular weight excluding hydrogens is 480 g/mol. The van der Waals surface area contributed by atoms with E-state index in [-0.39, 0.29) is 41.1 Å². The highest BCUT2D eigenvalue weighted by Gasteiger charge is 2.43. The van der Waals surface area contributed by atoms with Gasteiger partial charge in [-0.15, -0.1) is 0 Å². The summed E-state index contributed by atoms with van der Waals surface area (Å²) >= 11 is 0. The second kappa shape index (κ2) is 8.86. The predicted molar refractivity (Wildman–Crippen MR) is 129 cm³/mol. The number of nitrogens with two attached hydrogens (primary N) is 1. The number of carbonyl (C=O) groups excluding carboxylic acids is 5. The number of fused-ring (bicyclic) bond motifs is 2. The number of esters is 1. The summed E-state index contributed by atoms with van der Waals surface area (Å²) in [7, 11) is 0. The van der Waals surface area contributed by atoms with E-state index in [4.69, 9.17) is 10.5 Å². The number of hydrogen-bond acceptors (Lipinski definition) is 8. The summed E-state index contributed by atoms with van der Waals surface area (Å²) in [5.74, 6) is -3.46. The summed E-state index contributed by atoms with van der Waals surface area (Å²) in [5.41, 5.74) is 6.61. The molecule has 1 atom stereocenters. The molecule has 0 fully saturated rings. The van der Waals surface area contributed by atoms with E-state index in [9.17, 15) is 28.8 Å². The minimum Gasteiger partial charge on any atom is -0.464 e. The van der Waals surface area contributed by atoms with E-state index in [1.165, 1.54) is 12.1 Å². The summed E-state index contributed by atoms with van der Waals surface area (Å²) in [4.78, 5) is 76.4. The molecule has 4 amide bonds. The van der Waals surface area contributed by atoms with Crippen LogP contribution in [0.5, 0.6) is 0 Å². The van der Waals surface area contributed by atoms with Gasteiger partial charge < -0.3 is 10.5 Å². The molecule has 2 aliphatic heterocycles. The van der Waals surface area contributed by atoms with Gasteiger partial charge in [-0.1, -0.05) is 24.3 Å². The molecule has 0 radical (unpaired) electrons. The largest absolute Gasteiger partial charge is 0.464 e. The smallest absolute Gasteiger partial charge is 0.329 e. The third-order valence-electron chi connectivity index (χ3n) is 6.27. The van der Waals surface area contributed by atoms with Gasteiger partial charge in [-0.25, -0.2) is 4.79 Å². The lowest BCUT2D eigenvalue weighted by Gasteiger charge is -2.24. The van der Waals surface area contributed by atoms with Crippen molar-refractivity contribution in [3.63, 3.8) is 0 Å². The number of aromatic nitrogens is 1.